The molecule has 2 aliphatic carbocycles. The van der Waals surface area contributed by atoms with Crippen molar-refractivity contribution in [1.29, 1.82) is 0 Å². The third kappa shape index (κ3) is 27.6. The van der Waals surface area contributed by atoms with Crippen molar-refractivity contribution >= 4 is 99.6 Å². The zero-order valence-electron chi connectivity index (χ0n) is 68.0. The van der Waals surface area contributed by atoms with Gasteiger partial charge in [-0.2, -0.15) is 0 Å². The second-order valence-electron chi connectivity index (χ2n) is 29.7. The Balaban J connectivity index is 0.583. The van der Waals surface area contributed by atoms with E-state index in [0.29, 0.717) is 89.5 Å². The van der Waals surface area contributed by atoms with Crippen LogP contribution in [0.3, 0.4) is 0 Å². The van der Waals surface area contributed by atoms with Crippen molar-refractivity contribution in [3.63, 3.8) is 0 Å². The molecule has 40 heteroatoms. The summed E-state index contributed by atoms with van der Waals surface area (Å²) in [5, 5.41) is 36.6. The highest BCUT2D eigenvalue weighted by Gasteiger charge is 2.39. The van der Waals surface area contributed by atoms with Crippen LogP contribution in [0.1, 0.15) is 108 Å². The number of pyridine rings is 2. The quantitative estimate of drug-likeness (QED) is 0.00817. The smallest absolute Gasteiger partial charge is 0.340 e. The van der Waals surface area contributed by atoms with Gasteiger partial charge in [-0.25, -0.2) is 14.2 Å². The predicted molar refractivity (Wildman–Crippen MR) is 431 cm³/mol. The van der Waals surface area contributed by atoms with Crippen molar-refractivity contribution in [1.82, 2.24) is 72.5 Å². The summed E-state index contributed by atoms with van der Waals surface area (Å²) in [6.07, 6.45) is 4.13. The van der Waals surface area contributed by atoms with Crippen LogP contribution in [0.25, 0.3) is 22.3 Å². The van der Waals surface area contributed by atoms with E-state index in [9.17, 15) is 81.8 Å². The van der Waals surface area contributed by atoms with Gasteiger partial charge in [0.15, 0.2) is 6.10 Å². The number of halogens is 1. The number of fused-ring (bicyclic) bond motifs is 5. The van der Waals surface area contributed by atoms with Crippen molar-refractivity contribution in [2.45, 2.75) is 115 Å². The summed E-state index contributed by atoms with van der Waals surface area (Å²) in [6, 6.07) is 17.3. The number of imide groups is 1. The molecule has 3 aromatic carbocycles. The summed E-state index contributed by atoms with van der Waals surface area (Å²) in [5.74, 6) is -9.64. The highest BCUT2D eigenvalue weighted by atomic mass is 19.1. The molecule has 5 heterocycles. The molecule has 5 aliphatic rings. The number of aliphatic hydroxyl groups excluding tert-OH is 1. The van der Waals surface area contributed by atoms with Crippen LogP contribution in [0.15, 0.2) is 89.7 Å². The average molecular weight is 1710 g/mol. The van der Waals surface area contributed by atoms with E-state index in [1.165, 1.54) is 33.8 Å². The van der Waals surface area contributed by atoms with Gasteiger partial charge in [-0.15, -0.1) is 0 Å². The number of aromatic nitrogens is 2. The molecule has 14 amide bonds. The molecule has 0 saturated heterocycles. The molecular formula is C83H102FN15O24. The van der Waals surface area contributed by atoms with Crippen molar-refractivity contribution in [3.05, 3.63) is 146 Å². The van der Waals surface area contributed by atoms with Gasteiger partial charge >= 0.3 is 5.97 Å². The van der Waals surface area contributed by atoms with E-state index >= 15 is 4.39 Å². The Morgan fingerprint density at radius 2 is 1.11 bits per heavy atom. The van der Waals surface area contributed by atoms with Crippen molar-refractivity contribution in [3.8, 4) is 11.4 Å². The molecule has 0 radical (unpaired) electrons. The molecule has 660 valence electrons. The van der Waals surface area contributed by atoms with E-state index in [0.717, 1.165) is 5.56 Å². The summed E-state index contributed by atoms with van der Waals surface area (Å²) >= 11 is 0. The SMILES string of the molecule is Cc1c(F)cc2nc3c(c4c2c1CC[C@@H]4NC(=O)COCNC(=O)CNC(=O)[C@H](Cc1ccccc1)NC(=O)CNC(=O)CNC(=O)CCOCCOCCN(CCOCCOCCCC(=O)NCC(=O)N[C@@H](Cc1ccccc1)C(=O)NCC(=O)NCOCC(N)=O)C(=O)C1CCC(CN2C(=O)C=CC2=O)CC1)Cn1c-3cc2c(c1=O)COC(=O)[C@H]2O. The number of amides is 14. The molecule has 13 N–H and O–H groups in total. The standard InChI is InChI=1S/C83H102FN15O24/c1-49-54-18-19-59(76-56-43-98-63(77(56)96-60(75(54)76)36-58(49)84)35-55-57(82(98)115)44-123-83(116)78(55)111)93-72(108)46-122-48-92-69(105)39-90-80(113)62(34-51-11-6-3-7-12-51)95-71(107)41-88-67(103)37-86-66(102)22-26-118-30-32-120-28-24-97(81(114)53-16-14-52(15-17-53)42-99-73(109)20-21-74(99)110)23-27-119-31-29-117-25-8-13-65(101)87-40-70(106)94-61(33-50-9-4-2-5-10-50)79(112)89-38-68(104)91-47-121-45-64(85)100/h2-7,9-12,20-21,35-36,52-53,59,61-62,78,111H,8,13-19,22-34,37-48H2,1H3,(H2,85,100)(H,86,102)(H,87,101)(H,88,103)(H,89,112)(H,90,113)(H,91,104)(H,92,105)(H,93,108)(H,94,106)(H,95,107)/t52?,53?,59-,61-,62-,78-/m0/s1. The van der Waals surface area contributed by atoms with Gasteiger partial charge in [0.05, 0.1) is 114 Å². The molecule has 0 bridgehead atoms. The van der Waals surface area contributed by atoms with Crippen molar-refractivity contribution in [2.75, 3.05) is 132 Å². The average Bonchev–Trinajstić information content (AvgIpc) is 1.59. The van der Waals surface area contributed by atoms with Gasteiger partial charge in [0, 0.05) is 92.6 Å². The minimum absolute atomic E-state index is 0.00976. The first-order valence-electron chi connectivity index (χ1n) is 40.5. The zero-order valence-corrected chi connectivity index (χ0v) is 68.0. The number of hydrogen-bond acceptors (Lipinski definition) is 25. The molecule has 5 aromatic rings. The number of carbonyl (C=O) groups excluding carboxylic acids is 15. The Labute approximate surface area is 705 Å². The normalized spacial score (nSPS) is 16.5. The number of nitrogens with one attached hydrogen (secondary N) is 10. The molecule has 39 nitrogen and oxygen atoms in total. The van der Waals surface area contributed by atoms with Gasteiger partial charge in [0.25, 0.3) is 17.4 Å². The van der Waals surface area contributed by atoms with Crippen LogP contribution in [-0.2, 0) is 137 Å². The number of cyclic esters (lactones) is 1. The lowest BCUT2D eigenvalue weighted by Crippen LogP contribution is -2.52. The van der Waals surface area contributed by atoms with E-state index in [1.807, 2.05) is 0 Å². The van der Waals surface area contributed by atoms with E-state index in [1.54, 1.807) is 72.5 Å². The van der Waals surface area contributed by atoms with Crippen LogP contribution < -0.4 is 64.5 Å². The minimum Gasteiger partial charge on any atom is -0.458 e. The molecular weight excluding hydrogens is 1610 g/mol. The van der Waals surface area contributed by atoms with E-state index in [4.69, 9.17) is 43.9 Å². The third-order valence-corrected chi connectivity index (χ3v) is 21.0. The van der Waals surface area contributed by atoms with Crippen LogP contribution in [-0.4, -0.2) is 257 Å². The first-order chi connectivity index (χ1) is 59.3. The van der Waals surface area contributed by atoms with Gasteiger partial charge in [-0.1, -0.05) is 60.7 Å². The van der Waals surface area contributed by atoms with Crippen LogP contribution in [0.4, 0.5) is 4.39 Å². The number of nitrogens with zero attached hydrogens (tertiary/aromatic N) is 4. The Bertz CT molecular complexity index is 4780. The van der Waals surface area contributed by atoms with Gasteiger partial charge in [0.1, 0.15) is 51.2 Å². The van der Waals surface area contributed by atoms with Gasteiger partial charge in [-0.3, -0.25) is 76.8 Å². The van der Waals surface area contributed by atoms with E-state index < -0.39 is 159 Å². The number of primary amides is 1. The Morgan fingerprint density at radius 3 is 1.70 bits per heavy atom. The Kier molecular flexibility index (Phi) is 35.2. The highest BCUT2D eigenvalue weighted by molar-refractivity contribution is 6.13. The maximum absolute atomic E-state index is 15.4. The van der Waals surface area contributed by atoms with Gasteiger partial charge in [0.2, 0.25) is 70.9 Å². The van der Waals surface area contributed by atoms with Crippen LogP contribution in [0.5, 0.6) is 0 Å². The largest absolute Gasteiger partial charge is 0.458 e. The molecule has 4 atom stereocenters. The molecule has 1 fully saturated rings. The zero-order chi connectivity index (χ0) is 87.9. The third-order valence-electron chi connectivity index (χ3n) is 21.0. The van der Waals surface area contributed by atoms with Crippen LogP contribution in [0.2, 0.25) is 0 Å². The fraction of sp³-hybridized carbons (Fsp3) is 0.482. The summed E-state index contributed by atoms with van der Waals surface area (Å²) in [7, 11) is 0. The number of rotatable bonds is 49. The number of carbonyl (C=O) groups is 15. The van der Waals surface area contributed by atoms with Gasteiger partial charge < -0.3 is 107 Å². The number of ether oxygens (including phenoxy) is 7. The second kappa shape index (κ2) is 46.6. The van der Waals surface area contributed by atoms with Gasteiger partial charge in [-0.05, 0) is 91.7 Å². The summed E-state index contributed by atoms with van der Waals surface area (Å²) in [6.45, 7) is -1.25. The fourth-order valence-corrected chi connectivity index (χ4v) is 14.7. The Morgan fingerprint density at radius 1 is 0.585 bits per heavy atom. The second-order valence-corrected chi connectivity index (χ2v) is 29.7. The monoisotopic (exact) mass is 1710 g/mol. The number of hydrogen-bond donors (Lipinski definition) is 12. The molecule has 0 unspecified atom stereocenters. The minimum atomic E-state index is -1.69. The lowest BCUT2D eigenvalue weighted by molar-refractivity contribution is -0.157. The molecule has 1 saturated carbocycles. The number of esters is 1. The summed E-state index contributed by atoms with van der Waals surface area (Å²) in [5.41, 5.74) is 9.36. The fourth-order valence-electron chi connectivity index (χ4n) is 14.7. The lowest BCUT2D eigenvalue weighted by atomic mass is 9.81. The maximum Gasteiger partial charge on any atom is 0.340 e. The predicted octanol–water partition coefficient (Wildman–Crippen LogP) is -2.43. The number of benzene rings is 3. The first-order valence-corrected chi connectivity index (χ1v) is 40.5. The van der Waals surface area contributed by atoms with E-state index in [-0.39, 0.29) is 164 Å². The highest BCUT2D eigenvalue weighted by Crippen LogP contribution is 2.45. The Hall–Kier alpha value is -12.3. The molecule has 0 spiro atoms. The van der Waals surface area contributed by atoms with Crippen molar-refractivity contribution < 1.29 is 115 Å². The molecule has 123 heavy (non-hydrogen) atoms. The summed E-state index contributed by atoms with van der Waals surface area (Å²) < 4.78 is 55.2. The first kappa shape index (κ1) is 92.9. The molecule has 2 aromatic heterocycles. The topological polar surface area (TPSA) is 529 Å². The number of nitrogens with two attached hydrogens (primary N) is 1. The maximum atomic E-state index is 15.4. The molecule has 10 rings (SSSR count). The lowest BCUT2D eigenvalue weighted by Gasteiger charge is -2.33. The van der Waals surface area contributed by atoms with Crippen LogP contribution in [0, 0.1) is 24.6 Å². The van der Waals surface area contributed by atoms with Crippen molar-refractivity contribution in [2.24, 2.45) is 17.6 Å². The molecule has 3 aliphatic heterocycles. The number of aliphatic hydroxyl groups is 1. The van der Waals surface area contributed by atoms with Crippen LogP contribution >= 0.6 is 0 Å². The van der Waals surface area contributed by atoms with E-state index in [2.05, 4.69) is 53.2 Å². The number of aryl methyl sites for hydroxylation is 1. The summed E-state index contributed by atoms with van der Waals surface area (Å²) in [4.78, 5) is 213.